The zero-order valence-electron chi connectivity index (χ0n) is 9.61. The SMILES string of the molecule is CCCCCCCC/C=C/C=C\C(=O)O. The van der Waals surface area contributed by atoms with Crippen molar-refractivity contribution in [1.82, 2.24) is 0 Å². The van der Waals surface area contributed by atoms with Crippen LogP contribution >= 0.6 is 0 Å². The van der Waals surface area contributed by atoms with Crippen molar-refractivity contribution in [3.05, 3.63) is 24.3 Å². The van der Waals surface area contributed by atoms with E-state index in [1.807, 2.05) is 6.08 Å². The fourth-order valence-corrected chi connectivity index (χ4v) is 1.36. The zero-order chi connectivity index (χ0) is 11.4. The number of hydrogen-bond acceptors (Lipinski definition) is 1. The lowest BCUT2D eigenvalue weighted by Gasteiger charge is -1.97. The van der Waals surface area contributed by atoms with Crippen LogP contribution in [-0.4, -0.2) is 11.1 Å². The van der Waals surface area contributed by atoms with Gasteiger partial charge in [0.15, 0.2) is 0 Å². The molecule has 0 saturated carbocycles. The number of allylic oxidation sites excluding steroid dienone is 3. The van der Waals surface area contributed by atoms with Crippen LogP contribution in [0.15, 0.2) is 24.3 Å². The third-order valence-corrected chi connectivity index (χ3v) is 2.21. The molecule has 1 N–H and O–H groups in total. The molecule has 0 heterocycles. The first-order valence-corrected chi connectivity index (χ1v) is 5.83. The third-order valence-electron chi connectivity index (χ3n) is 2.21. The maximum Gasteiger partial charge on any atom is 0.328 e. The Morgan fingerprint density at radius 1 is 1.07 bits per heavy atom. The Hall–Kier alpha value is -1.05. The van der Waals surface area contributed by atoms with E-state index in [4.69, 9.17) is 5.11 Å². The molecule has 86 valence electrons. The lowest BCUT2D eigenvalue weighted by molar-refractivity contribution is -0.131. The number of unbranched alkanes of at least 4 members (excludes halogenated alkanes) is 6. The Morgan fingerprint density at radius 2 is 1.73 bits per heavy atom. The predicted molar refractivity (Wildman–Crippen MR) is 63.9 cm³/mol. The molecular weight excluding hydrogens is 188 g/mol. The van der Waals surface area contributed by atoms with Crippen LogP contribution in [0.4, 0.5) is 0 Å². The van der Waals surface area contributed by atoms with E-state index in [9.17, 15) is 4.79 Å². The molecule has 0 aromatic heterocycles. The number of carboxylic acids is 1. The molecule has 0 spiro atoms. The fraction of sp³-hybridized carbons (Fsp3) is 0.615. The molecular formula is C13H22O2. The minimum atomic E-state index is -0.890. The highest BCUT2D eigenvalue weighted by atomic mass is 16.4. The van der Waals surface area contributed by atoms with Gasteiger partial charge in [0.1, 0.15) is 0 Å². The molecule has 0 rings (SSSR count). The second-order valence-corrected chi connectivity index (χ2v) is 3.68. The van der Waals surface area contributed by atoms with E-state index < -0.39 is 5.97 Å². The van der Waals surface area contributed by atoms with Crippen molar-refractivity contribution in [3.63, 3.8) is 0 Å². The van der Waals surface area contributed by atoms with Gasteiger partial charge in [0.05, 0.1) is 0 Å². The van der Waals surface area contributed by atoms with Gasteiger partial charge in [-0.2, -0.15) is 0 Å². The minimum Gasteiger partial charge on any atom is -0.478 e. The average molecular weight is 210 g/mol. The first-order valence-electron chi connectivity index (χ1n) is 5.83. The van der Waals surface area contributed by atoms with Gasteiger partial charge in [-0.05, 0) is 12.8 Å². The van der Waals surface area contributed by atoms with Crippen LogP contribution in [-0.2, 0) is 4.79 Å². The molecule has 0 atom stereocenters. The molecule has 0 saturated heterocycles. The third kappa shape index (κ3) is 12.9. The number of hydrogen-bond donors (Lipinski definition) is 1. The van der Waals surface area contributed by atoms with Crippen LogP contribution in [0.5, 0.6) is 0 Å². The smallest absolute Gasteiger partial charge is 0.328 e. The van der Waals surface area contributed by atoms with Crippen molar-refractivity contribution in [2.75, 3.05) is 0 Å². The molecule has 0 aromatic rings. The molecule has 15 heavy (non-hydrogen) atoms. The van der Waals surface area contributed by atoms with Gasteiger partial charge >= 0.3 is 5.97 Å². The maximum atomic E-state index is 10.1. The number of aliphatic carboxylic acids is 1. The largest absolute Gasteiger partial charge is 0.478 e. The Labute approximate surface area is 92.7 Å². The highest BCUT2D eigenvalue weighted by molar-refractivity contribution is 5.80. The van der Waals surface area contributed by atoms with Crippen LogP contribution in [0, 0.1) is 0 Å². The van der Waals surface area contributed by atoms with Gasteiger partial charge in [-0.1, -0.05) is 57.3 Å². The second-order valence-electron chi connectivity index (χ2n) is 3.68. The molecule has 2 nitrogen and oxygen atoms in total. The quantitative estimate of drug-likeness (QED) is 0.355. The molecule has 0 aliphatic heterocycles. The van der Waals surface area contributed by atoms with Crippen LogP contribution in [0.3, 0.4) is 0 Å². The van der Waals surface area contributed by atoms with E-state index in [1.54, 1.807) is 12.2 Å². The summed E-state index contributed by atoms with van der Waals surface area (Å²) < 4.78 is 0. The Bertz CT molecular complexity index is 205. The van der Waals surface area contributed by atoms with Crippen molar-refractivity contribution >= 4 is 5.97 Å². The molecule has 0 bridgehead atoms. The van der Waals surface area contributed by atoms with Crippen LogP contribution in [0.2, 0.25) is 0 Å². The van der Waals surface area contributed by atoms with E-state index in [-0.39, 0.29) is 0 Å². The summed E-state index contributed by atoms with van der Waals surface area (Å²) in [5, 5.41) is 8.32. The van der Waals surface area contributed by atoms with Crippen LogP contribution in [0.1, 0.15) is 51.9 Å². The second kappa shape index (κ2) is 11.0. The normalized spacial score (nSPS) is 11.5. The average Bonchev–Trinajstić information content (AvgIpc) is 2.20. The number of rotatable bonds is 9. The predicted octanol–water partition coefficient (Wildman–Crippen LogP) is 3.93. The summed E-state index contributed by atoms with van der Waals surface area (Å²) in [7, 11) is 0. The summed E-state index contributed by atoms with van der Waals surface area (Å²) in [6.45, 7) is 2.22. The van der Waals surface area contributed by atoms with Gasteiger partial charge in [-0.25, -0.2) is 4.79 Å². The van der Waals surface area contributed by atoms with E-state index in [0.29, 0.717) is 0 Å². The topological polar surface area (TPSA) is 37.3 Å². The molecule has 2 heteroatoms. The maximum absolute atomic E-state index is 10.1. The highest BCUT2D eigenvalue weighted by Gasteiger charge is 1.87. The van der Waals surface area contributed by atoms with Gasteiger partial charge in [-0.3, -0.25) is 0 Å². The van der Waals surface area contributed by atoms with E-state index >= 15 is 0 Å². The van der Waals surface area contributed by atoms with Gasteiger partial charge in [0.25, 0.3) is 0 Å². The summed E-state index contributed by atoms with van der Waals surface area (Å²) in [6, 6.07) is 0. The Balaban J connectivity index is 3.20. The molecule has 0 radical (unpaired) electrons. The number of carboxylic acid groups (broad SMARTS) is 1. The van der Waals surface area contributed by atoms with E-state index in [1.165, 1.54) is 38.5 Å². The van der Waals surface area contributed by atoms with Crippen LogP contribution < -0.4 is 0 Å². The summed E-state index contributed by atoms with van der Waals surface area (Å²) in [5.41, 5.74) is 0. The van der Waals surface area contributed by atoms with Crippen molar-refractivity contribution in [2.24, 2.45) is 0 Å². The Morgan fingerprint density at radius 3 is 2.40 bits per heavy atom. The summed E-state index contributed by atoms with van der Waals surface area (Å²) >= 11 is 0. The first-order chi connectivity index (χ1) is 7.27. The van der Waals surface area contributed by atoms with E-state index in [2.05, 4.69) is 6.92 Å². The van der Waals surface area contributed by atoms with Crippen molar-refractivity contribution < 1.29 is 9.90 Å². The molecule has 0 fully saturated rings. The number of carbonyl (C=O) groups is 1. The Kier molecular flexibility index (Phi) is 10.3. The van der Waals surface area contributed by atoms with Gasteiger partial charge in [0, 0.05) is 6.08 Å². The van der Waals surface area contributed by atoms with Crippen LogP contribution in [0.25, 0.3) is 0 Å². The summed E-state index contributed by atoms with van der Waals surface area (Å²) in [4.78, 5) is 10.1. The van der Waals surface area contributed by atoms with E-state index in [0.717, 1.165) is 12.5 Å². The van der Waals surface area contributed by atoms with Crippen molar-refractivity contribution in [3.8, 4) is 0 Å². The van der Waals surface area contributed by atoms with Gasteiger partial charge in [-0.15, -0.1) is 0 Å². The lowest BCUT2D eigenvalue weighted by atomic mass is 10.1. The van der Waals surface area contributed by atoms with Crippen molar-refractivity contribution in [2.45, 2.75) is 51.9 Å². The lowest BCUT2D eigenvalue weighted by Crippen LogP contribution is -1.84. The molecule has 0 aliphatic carbocycles. The highest BCUT2D eigenvalue weighted by Crippen LogP contribution is 2.06. The molecule has 0 aliphatic rings. The zero-order valence-corrected chi connectivity index (χ0v) is 9.61. The summed E-state index contributed by atoms with van der Waals surface area (Å²) in [6.07, 6.45) is 15.4. The first kappa shape index (κ1) is 13.9. The monoisotopic (exact) mass is 210 g/mol. The summed E-state index contributed by atoms with van der Waals surface area (Å²) in [5.74, 6) is -0.890. The molecule has 0 aromatic carbocycles. The molecule has 0 amide bonds. The van der Waals surface area contributed by atoms with Gasteiger partial charge < -0.3 is 5.11 Å². The standard InChI is InChI=1S/C13H22O2/c1-2-3-4-5-6-7-8-9-10-11-12-13(14)15/h9-12H,2-8H2,1H3,(H,14,15)/b10-9+,12-11-. The minimum absolute atomic E-state index is 0.890. The van der Waals surface area contributed by atoms with Crippen molar-refractivity contribution in [1.29, 1.82) is 0 Å². The molecule has 0 unspecified atom stereocenters. The van der Waals surface area contributed by atoms with Gasteiger partial charge in [0.2, 0.25) is 0 Å². The fourth-order valence-electron chi connectivity index (χ4n) is 1.36.